The summed E-state index contributed by atoms with van der Waals surface area (Å²) >= 11 is 0. The fourth-order valence-electron chi connectivity index (χ4n) is 2.05. The molecule has 1 amide bonds. The molecule has 1 fully saturated rings. The molecule has 1 atom stereocenters. The molecule has 9 heteroatoms. The highest BCUT2D eigenvalue weighted by molar-refractivity contribution is 5.79. The first kappa shape index (κ1) is 13.3. The van der Waals surface area contributed by atoms with Gasteiger partial charge in [0.1, 0.15) is 0 Å². The number of rotatable bonds is 5. The van der Waals surface area contributed by atoms with Gasteiger partial charge in [0.15, 0.2) is 0 Å². The monoisotopic (exact) mass is 288 g/mol. The topological polar surface area (TPSA) is 110 Å². The molecule has 0 spiro atoms. The molecule has 1 unspecified atom stereocenters. The third-order valence-corrected chi connectivity index (χ3v) is 2.98. The van der Waals surface area contributed by atoms with E-state index in [-0.39, 0.29) is 11.9 Å². The van der Waals surface area contributed by atoms with Crippen LogP contribution in [0.4, 0.5) is 11.9 Å². The Kier molecular flexibility index (Phi) is 3.63. The van der Waals surface area contributed by atoms with Gasteiger partial charge in [-0.2, -0.15) is 20.1 Å². The molecule has 110 valence electrons. The third-order valence-electron chi connectivity index (χ3n) is 2.98. The van der Waals surface area contributed by atoms with Gasteiger partial charge >= 0.3 is 0 Å². The van der Waals surface area contributed by atoms with Gasteiger partial charge in [0.05, 0.1) is 6.04 Å². The van der Waals surface area contributed by atoms with E-state index in [1.165, 1.54) is 0 Å². The second-order valence-corrected chi connectivity index (χ2v) is 4.61. The van der Waals surface area contributed by atoms with Crippen molar-refractivity contribution < 1.29 is 4.79 Å². The average Bonchev–Trinajstić information content (AvgIpc) is 3.11. The van der Waals surface area contributed by atoms with E-state index in [1.807, 2.05) is 6.92 Å². The highest BCUT2D eigenvalue weighted by Crippen LogP contribution is 2.12. The second kappa shape index (κ2) is 5.73. The Labute approximate surface area is 121 Å². The molecule has 21 heavy (non-hydrogen) atoms. The number of amides is 1. The maximum Gasteiger partial charge on any atom is 0.257 e. The highest BCUT2D eigenvalue weighted by Gasteiger charge is 2.22. The van der Waals surface area contributed by atoms with Gasteiger partial charge in [-0.25, -0.2) is 4.68 Å². The molecule has 1 aliphatic rings. The van der Waals surface area contributed by atoms with Crippen molar-refractivity contribution in [3.05, 3.63) is 18.5 Å². The average molecular weight is 288 g/mol. The zero-order chi connectivity index (χ0) is 14.7. The van der Waals surface area contributed by atoms with E-state index in [9.17, 15) is 4.79 Å². The van der Waals surface area contributed by atoms with Crippen molar-refractivity contribution in [1.82, 2.24) is 30.0 Å². The Balaban J connectivity index is 1.86. The van der Waals surface area contributed by atoms with Gasteiger partial charge in [-0.05, 0) is 13.0 Å². The molecule has 0 saturated carbocycles. The Morgan fingerprint density at radius 1 is 1.38 bits per heavy atom. The maximum atomic E-state index is 11.2. The first-order chi connectivity index (χ1) is 10.2. The third kappa shape index (κ3) is 3.07. The summed E-state index contributed by atoms with van der Waals surface area (Å²) in [6.45, 7) is 3.23. The van der Waals surface area contributed by atoms with Crippen LogP contribution in [0.15, 0.2) is 18.5 Å². The van der Waals surface area contributed by atoms with E-state index in [4.69, 9.17) is 0 Å². The van der Waals surface area contributed by atoms with E-state index in [1.54, 1.807) is 23.1 Å². The fraction of sp³-hybridized carbons (Fsp3) is 0.417. The van der Waals surface area contributed by atoms with Gasteiger partial charge in [0.2, 0.25) is 17.8 Å². The van der Waals surface area contributed by atoms with Crippen LogP contribution in [0.3, 0.4) is 0 Å². The van der Waals surface area contributed by atoms with Crippen LogP contribution in [0.25, 0.3) is 5.95 Å². The van der Waals surface area contributed by atoms with Crippen LogP contribution in [0.5, 0.6) is 0 Å². The number of hydrogen-bond acceptors (Lipinski definition) is 7. The van der Waals surface area contributed by atoms with Gasteiger partial charge in [-0.3, -0.25) is 4.79 Å². The Morgan fingerprint density at radius 2 is 2.24 bits per heavy atom. The van der Waals surface area contributed by atoms with Gasteiger partial charge in [0.25, 0.3) is 5.95 Å². The van der Waals surface area contributed by atoms with Crippen LogP contribution in [0.1, 0.15) is 13.3 Å². The molecule has 0 bridgehead atoms. The van der Waals surface area contributed by atoms with Crippen LogP contribution < -0.4 is 16.0 Å². The van der Waals surface area contributed by atoms with Crippen LogP contribution >= 0.6 is 0 Å². The number of carbonyl (C=O) groups excluding carboxylic acids is 1. The zero-order valence-corrected chi connectivity index (χ0v) is 11.6. The van der Waals surface area contributed by atoms with Crippen molar-refractivity contribution in [2.75, 3.05) is 23.7 Å². The van der Waals surface area contributed by atoms with E-state index in [0.29, 0.717) is 37.4 Å². The van der Waals surface area contributed by atoms with Crippen LogP contribution in [-0.4, -0.2) is 49.8 Å². The van der Waals surface area contributed by atoms with Crippen LogP contribution in [0, 0.1) is 0 Å². The molecule has 1 aliphatic heterocycles. The molecule has 3 heterocycles. The lowest BCUT2D eigenvalue weighted by atomic mass is 10.3. The molecule has 1 saturated heterocycles. The smallest absolute Gasteiger partial charge is 0.257 e. The molecule has 0 aliphatic carbocycles. The summed E-state index contributed by atoms with van der Waals surface area (Å²) in [5.74, 6) is 1.34. The van der Waals surface area contributed by atoms with Gasteiger partial charge in [-0.15, -0.1) is 0 Å². The highest BCUT2D eigenvalue weighted by atomic mass is 16.1. The van der Waals surface area contributed by atoms with Gasteiger partial charge < -0.3 is 16.0 Å². The lowest BCUT2D eigenvalue weighted by molar-refractivity contribution is -0.119. The summed E-state index contributed by atoms with van der Waals surface area (Å²) in [6, 6.07) is 1.78. The van der Waals surface area contributed by atoms with Crippen molar-refractivity contribution in [2.24, 2.45) is 0 Å². The minimum Gasteiger partial charge on any atom is -0.354 e. The lowest BCUT2D eigenvalue weighted by Gasteiger charge is -2.12. The Bertz CT molecular complexity index is 626. The van der Waals surface area contributed by atoms with E-state index in [2.05, 4.69) is 36.0 Å². The number of nitrogens with zero attached hydrogens (tertiary/aromatic N) is 5. The molecule has 3 rings (SSSR count). The summed E-state index contributed by atoms with van der Waals surface area (Å²) in [6.07, 6.45) is 3.83. The number of nitrogens with one attached hydrogen (secondary N) is 3. The summed E-state index contributed by atoms with van der Waals surface area (Å²) in [5, 5.41) is 13.1. The molecule has 2 aromatic heterocycles. The zero-order valence-electron chi connectivity index (χ0n) is 11.6. The molecule has 0 radical (unpaired) electrons. The van der Waals surface area contributed by atoms with Crippen molar-refractivity contribution >= 4 is 17.8 Å². The minimum atomic E-state index is -0.0140. The van der Waals surface area contributed by atoms with Crippen molar-refractivity contribution in [1.29, 1.82) is 0 Å². The van der Waals surface area contributed by atoms with Gasteiger partial charge in [-0.1, -0.05) is 0 Å². The van der Waals surface area contributed by atoms with Gasteiger partial charge in [0, 0.05) is 31.9 Å². The number of aromatic nitrogens is 5. The summed E-state index contributed by atoms with van der Waals surface area (Å²) in [4.78, 5) is 24.2. The summed E-state index contributed by atoms with van der Waals surface area (Å²) in [5.41, 5.74) is 0. The minimum absolute atomic E-state index is 0.0140. The molecular formula is C12H16N8O. The summed E-state index contributed by atoms with van der Waals surface area (Å²) < 4.78 is 1.56. The van der Waals surface area contributed by atoms with E-state index < -0.39 is 0 Å². The predicted octanol–water partition coefficient (Wildman–Crippen LogP) is -0.211. The predicted molar refractivity (Wildman–Crippen MR) is 76.2 cm³/mol. The molecular weight excluding hydrogens is 272 g/mol. The Morgan fingerprint density at radius 3 is 2.90 bits per heavy atom. The first-order valence-corrected chi connectivity index (χ1v) is 6.78. The number of carbonyl (C=O) groups is 1. The number of anilines is 2. The number of hydrogen-bond donors (Lipinski definition) is 3. The summed E-state index contributed by atoms with van der Waals surface area (Å²) in [7, 11) is 0. The fourth-order valence-corrected chi connectivity index (χ4v) is 2.05. The molecule has 3 N–H and O–H groups in total. The quantitative estimate of drug-likeness (QED) is 0.698. The largest absolute Gasteiger partial charge is 0.354 e. The van der Waals surface area contributed by atoms with Crippen LogP contribution in [0.2, 0.25) is 0 Å². The SMILES string of the molecule is CCNc1nc(NC2CNC(=O)C2)nc(-n2cccn2)n1. The standard InChI is InChI=1S/C12H16N8O/c1-2-13-10-17-11(16-8-6-9(21)14-7-8)19-12(18-10)20-5-3-4-15-20/h3-5,8H,2,6-7H2,1H3,(H,14,21)(H2,13,16,17,18,19). The normalized spacial score (nSPS) is 17.6. The Hall–Kier alpha value is -2.71. The van der Waals surface area contributed by atoms with E-state index >= 15 is 0 Å². The van der Waals surface area contributed by atoms with Crippen molar-refractivity contribution in [2.45, 2.75) is 19.4 Å². The molecule has 9 nitrogen and oxygen atoms in total. The molecule has 0 aromatic carbocycles. The maximum absolute atomic E-state index is 11.2. The first-order valence-electron chi connectivity index (χ1n) is 6.78. The van der Waals surface area contributed by atoms with E-state index in [0.717, 1.165) is 0 Å². The van der Waals surface area contributed by atoms with Crippen molar-refractivity contribution in [3.8, 4) is 5.95 Å². The van der Waals surface area contributed by atoms with Crippen molar-refractivity contribution in [3.63, 3.8) is 0 Å². The van der Waals surface area contributed by atoms with Crippen LogP contribution in [-0.2, 0) is 4.79 Å². The second-order valence-electron chi connectivity index (χ2n) is 4.61. The molecule has 2 aromatic rings. The lowest BCUT2D eigenvalue weighted by Crippen LogP contribution is -2.24.